The van der Waals surface area contributed by atoms with Crippen LogP contribution in [0.2, 0.25) is 0 Å². The molecule has 0 unspecified atom stereocenters. The highest BCUT2D eigenvalue weighted by atomic mass is 32.1. The normalized spacial score (nSPS) is 10.8. The van der Waals surface area contributed by atoms with Gasteiger partial charge in [0.15, 0.2) is 0 Å². The van der Waals surface area contributed by atoms with Crippen LogP contribution < -0.4 is 14.8 Å². The minimum absolute atomic E-state index is 0.0826. The molecule has 3 aromatic rings. The first-order valence-corrected chi connectivity index (χ1v) is 9.43. The minimum atomic E-state index is -2.96. The summed E-state index contributed by atoms with van der Waals surface area (Å²) >= 11 is 1.26. The zero-order valence-electron chi connectivity index (χ0n) is 15.4. The Kier molecular flexibility index (Phi) is 6.26. The number of amides is 1. The van der Waals surface area contributed by atoms with Gasteiger partial charge in [0.1, 0.15) is 18.1 Å². The highest BCUT2D eigenvalue weighted by molar-refractivity contribution is 7.12. The first-order chi connectivity index (χ1) is 13.4. The van der Waals surface area contributed by atoms with Crippen molar-refractivity contribution in [1.29, 1.82) is 0 Å². The van der Waals surface area contributed by atoms with Crippen LogP contribution in [0, 0.1) is 13.8 Å². The number of alkyl halides is 2. The summed E-state index contributed by atoms with van der Waals surface area (Å²) in [6.45, 7) is 1.37. The lowest BCUT2D eigenvalue weighted by Gasteiger charge is -2.11. The van der Waals surface area contributed by atoms with Crippen LogP contribution in [0.1, 0.15) is 26.4 Å². The predicted molar refractivity (Wildman–Crippen MR) is 106 cm³/mol. The van der Waals surface area contributed by atoms with Crippen molar-refractivity contribution in [2.24, 2.45) is 0 Å². The topological polar surface area (TPSA) is 47.6 Å². The van der Waals surface area contributed by atoms with Gasteiger partial charge in [0.05, 0.1) is 10.6 Å². The molecule has 0 aliphatic rings. The average molecular weight is 403 g/mol. The van der Waals surface area contributed by atoms with Crippen LogP contribution in [0.5, 0.6) is 11.5 Å². The van der Waals surface area contributed by atoms with E-state index < -0.39 is 12.5 Å². The number of carbonyl (C=O) groups excluding carboxylic acids is 1. The highest BCUT2D eigenvalue weighted by Gasteiger charge is 2.14. The molecule has 0 radical (unpaired) electrons. The molecule has 1 heterocycles. The Morgan fingerprint density at radius 1 is 1.11 bits per heavy atom. The molecule has 146 valence electrons. The first-order valence-electron chi connectivity index (χ1n) is 8.55. The molecule has 0 fully saturated rings. The molecule has 0 atom stereocenters. The van der Waals surface area contributed by atoms with Gasteiger partial charge in [-0.15, -0.1) is 11.3 Å². The van der Waals surface area contributed by atoms with Gasteiger partial charge < -0.3 is 14.8 Å². The number of anilines is 1. The van der Waals surface area contributed by atoms with Gasteiger partial charge in [-0.25, -0.2) is 0 Å². The van der Waals surface area contributed by atoms with E-state index in [-0.39, 0.29) is 11.4 Å². The fourth-order valence-electron chi connectivity index (χ4n) is 2.65. The summed E-state index contributed by atoms with van der Waals surface area (Å²) < 4.78 is 35.2. The maximum Gasteiger partial charge on any atom is 0.387 e. The average Bonchev–Trinajstić information content (AvgIpc) is 3.11. The number of ether oxygens (including phenoxy) is 2. The largest absolute Gasteiger partial charge is 0.489 e. The van der Waals surface area contributed by atoms with Crippen molar-refractivity contribution in [3.05, 3.63) is 75.5 Å². The van der Waals surface area contributed by atoms with E-state index >= 15 is 0 Å². The number of hydrogen-bond acceptors (Lipinski definition) is 4. The van der Waals surface area contributed by atoms with Gasteiger partial charge in [-0.1, -0.05) is 29.8 Å². The van der Waals surface area contributed by atoms with E-state index in [1.807, 2.05) is 37.4 Å². The number of nitrogens with one attached hydrogen (secondary N) is 1. The van der Waals surface area contributed by atoms with E-state index in [0.717, 1.165) is 22.4 Å². The monoisotopic (exact) mass is 403 g/mol. The van der Waals surface area contributed by atoms with Gasteiger partial charge in [-0.2, -0.15) is 8.78 Å². The fraction of sp³-hybridized carbons (Fsp3) is 0.190. The van der Waals surface area contributed by atoms with Gasteiger partial charge in [0, 0.05) is 5.56 Å². The number of carbonyl (C=O) groups is 1. The molecular weight excluding hydrogens is 384 g/mol. The summed E-state index contributed by atoms with van der Waals surface area (Å²) in [5.41, 5.74) is 3.25. The zero-order valence-corrected chi connectivity index (χ0v) is 16.2. The second-order valence-corrected chi connectivity index (χ2v) is 7.12. The lowest BCUT2D eigenvalue weighted by atomic mass is 10.1. The molecule has 0 aliphatic heterocycles. The molecule has 0 bridgehead atoms. The summed E-state index contributed by atoms with van der Waals surface area (Å²) in [7, 11) is 0. The van der Waals surface area contributed by atoms with Crippen LogP contribution in [-0.4, -0.2) is 12.5 Å². The van der Waals surface area contributed by atoms with Crippen molar-refractivity contribution in [1.82, 2.24) is 0 Å². The van der Waals surface area contributed by atoms with E-state index in [2.05, 4.69) is 10.1 Å². The van der Waals surface area contributed by atoms with Gasteiger partial charge >= 0.3 is 6.61 Å². The van der Waals surface area contributed by atoms with Crippen LogP contribution in [-0.2, 0) is 6.61 Å². The number of aryl methyl sites for hydroxylation is 2. The first kappa shape index (κ1) is 19.8. The second kappa shape index (κ2) is 8.84. The minimum Gasteiger partial charge on any atom is -0.489 e. The molecule has 0 saturated heterocycles. The van der Waals surface area contributed by atoms with Crippen LogP contribution in [0.15, 0.2) is 53.9 Å². The summed E-state index contributed by atoms with van der Waals surface area (Å²) in [4.78, 5) is 12.9. The third-order valence-electron chi connectivity index (χ3n) is 3.95. The standard InChI is InChI=1S/C21H19F2NO3S/c1-13-7-8-17(14(2)9-13)26-11-15-10-19(28-12-15)20(25)24-16-5-3-4-6-18(16)27-21(22)23/h3-10,12,21H,11H2,1-2H3,(H,24,25). The second-order valence-electron chi connectivity index (χ2n) is 6.21. The van der Waals surface area contributed by atoms with Crippen molar-refractivity contribution in [2.75, 3.05) is 5.32 Å². The smallest absolute Gasteiger partial charge is 0.387 e. The van der Waals surface area contributed by atoms with Crippen LogP contribution in [0.3, 0.4) is 0 Å². The molecule has 28 heavy (non-hydrogen) atoms. The number of benzene rings is 2. The quantitative estimate of drug-likeness (QED) is 0.543. The lowest BCUT2D eigenvalue weighted by molar-refractivity contribution is -0.0493. The summed E-state index contributed by atoms with van der Waals surface area (Å²) in [6, 6.07) is 13.7. The molecule has 0 spiro atoms. The van der Waals surface area contributed by atoms with Gasteiger partial charge in [-0.3, -0.25) is 4.79 Å². The summed E-state index contributed by atoms with van der Waals surface area (Å²) in [5.74, 6) is 0.315. The van der Waals surface area contributed by atoms with E-state index in [9.17, 15) is 13.6 Å². The van der Waals surface area contributed by atoms with E-state index in [4.69, 9.17) is 4.74 Å². The van der Waals surface area contributed by atoms with E-state index in [1.165, 1.54) is 23.5 Å². The van der Waals surface area contributed by atoms with Crippen LogP contribution in [0.25, 0.3) is 0 Å². The van der Waals surface area contributed by atoms with Crippen LogP contribution >= 0.6 is 11.3 Å². The van der Waals surface area contributed by atoms with Crippen molar-refractivity contribution in [2.45, 2.75) is 27.1 Å². The van der Waals surface area contributed by atoms with E-state index in [0.29, 0.717) is 11.5 Å². The molecule has 0 saturated carbocycles. The molecule has 7 heteroatoms. The van der Waals surface area contributed by atoms with Crippen molar-refractivity contribution in [3.63, 3.8) is 0 Å². The Bertz CT molecular complexity index is 972. The Hall–Kier alpha value is -2.93. The number of rotatable bonds is 7. The molecular formula is C21H19F2NO3S. The van der Waals surface area contributed by atoms with Gasteiger partial charge in [0.2, 0.25) is 0 Å². The molecule has 0 aliphatic carbocycles. The number of para-hydroxylation sites is 2. The highest BCUT2D eigenvalue weighted by Crippen LogP contribution is 2.27. The fourth-order valence-corrected chi connectivity index (χ4v) is 3.44. The van der Waals surface area contributed by atoms with E-state index in [1.54, 1.807) is 18.2 Å². The number of hydrogen-bond donors (Lipinski definition) is 1. The van der Waals surface area contributed by atoms with Gasteiger partial charge in [-0.05, 0) is 49.1 Å². The Balaban J connectivity index is 1.64. The molecule has 3 rings (SSSR count). The molecule has 4 nitrogen and oxygen atoms in total. The number of halogens is 2. The molecule has 1 aromatic heterocycles. The molecule has 2 aromatic carbocycles. The predicted octanol–water partition coefficient (Wildman–Crippen LogP) is 5.80. The Labute approximate surface area is 165 Å². The maximum absolute atomic E-state index is 12.5. The Morgan fingerprint density at radius 3 is 2.64 bits per heavy atom. The van der Waals surface area contributed by atoms with Crippen molar-refractivity contribution in [3.8, 4) is 11.5 Å². The van der Waals surface area contributed by atoms with Crippen molar-refractivity contribution < 1.29 is 23.0 Å². The van der Waals surface area contributed by atoms with Crippen molar-refractivity contribution >= 4 is 22.9 Å². The zero-order chi connectivity index (χ0) is 20.1. The summed E-state index contributed by atoms with van der Waals surface area (Å²) in [6.07, 6.45) is 0. The van der Waals surface area contributed by atoms with Gasteiger partial charge in [0.25, 0.3) is 5.91 Å². The Morgan fingerprint density at radius 2 is 1.89 bits per heavy atom. The van der Waals surface area contributed by atoms with Crippen LogP contribution in [0.4, 0.5) is 14.5 Å². The SMILES string of the molecule is Cc1ccc(OCc2csc(C(=O)Nc3ccccc3OC(F)F)c2)c(C)c1. The maximum atomic E-state index is 12.5. The third-order valence-corrected chi connectivity index (χ3v) is 4.93. The molecule has 1 amide bonds. The lowest BCUT2D eigenvalue weighted by Crippen LogP contribution is -2.12. The number of thiophene rings is 1. The third kappa shape index (κ3) is 5.07. The summed E-state index contributed by atoms with van der Waals surface area (Å²) in [5, 5.41) is 4.44. The molecule has 1 N–H and O–H groups in total.